The van der Waals surface area contributed by atoms with Gasteiger partial charge in [0.2, 0.25) is 0 Å². The Morgan fingerprint density at radius 2 is 1.87 bits per heavy atom. The van der Waals surface area contributed by atoms with E-state index in [9.17, 15) is 0 Å². The van der Waals surface area contributed by atoms with Gasteiger partial charge in [-0.05, 0) is 42.8 Å². The minimum Gasteiger partial charge on any atom is -0.472 e. The quantitative estimate of drug-likeness (QED) is 0.435. The molecule has 144 valence electrons. The van der Waals surface area contributed by atoms with Crippen molar-refractivity contribution in [1.82, 2.24) is 30.1 Å². The van der Waals surface area contributed by atoms with Crippen molar-refractivity contribution in [1.29, 1.82) is 0 Å². The van der Waals surface area contributed by atoms with Gasteiger partial charge < -0.3 is 9.40 Å². The smallest absolute Gasteiger partial charge is 0.155 e. The van der Waals surface area contributed by atoms with E-state index in [2.05, 4.69) is 49.2 Å². The Kier molecular flexibility index (Phi) is 3.55. The Bertz CT molecular complexity index is 1510. The van der Waals surface area contributed by atoms with Gasteiger partial charge in [0, 0.05) is 57.8 Å². The summed E-state index contributed by atoms with van der Waals surface area (Å²) in [6, 6.07) is 10.0. The minimum absolute atomic E-state index is 0.738. The summed E-state index contributed by atoms with van der Waals surface area (Å²) < 4.78 is 5.24. The number of pyridine rings is 3. The third-order valence-electron chi connectivity index (χ3n) is 5.36. The summed E-state index contributed by atoms with van der Waals surface area (Å²) in [5.41, 5.74) is 8.46. The average Bonchev–Trinajstić information content (AvgIpc) is 3.51. The fraction of sp³-hybridized carbons (Fsp3) is 0.0435. The number of aromatic nitrogens is 6. The second kappa shape index (κ2) is 6.38. The van der Waals surface area contributed by atoms with Crippen LogP contribution in [0.25, 0.3) is 55.7 Å². The van der Waals surface area contributed by atoms with Crippen LogP contribution in [0.5, 0.6) is 0 Å². The number of aryl methyl sites for hydroxylation is 1. The first-order valence-electron chi connectivity index (χ1n) is 9.54. The SMILES string of the molecule is Cc1ccncc1-c1cnc2[nH]nc(-c3cc4c(-c5ccoc5)nccc4[nH]3)c2c1. The van der Waals surface area contributed by atoms with Crippen LogP contribution in [-0.2, 0) is 0 Å². The molecule has 0 aromatic carbocycles. The zero-order valence-electron chi connectivity index (χ0n) is 16.0. The Labute approximate surface area is 170 Å². The highest BCUT2D eigenvalue weighted by atomic mass is 16.3. The molecular formula is C23H16N6O. The molecule has 0 aliphatic heterocycles. The number of fused-ring (bicyclic) bond motifs is 2. The highest BCUT2D eigenvalue weighted by Gasteiger charge is 2.16. The van der Waals surface area contributed by atoms with Gasteiger partial charge in [0.05, 0.1) is 23.9 Å². The number of rotatable bonds is 3. The monoisotopic (exact) mass is 392 g/mol. The summed E-state index contributed by atoms with van der Waals surface area (Å²) in [6.07, 6.45) is 10.6. The van der Waals surface area contributed by atoms with Crippen LogP contribution in [0, 0.1) is 6.92 Å². The maximum atomic E-state index is 5.24. The van der Waals surface area contributed by atoms with E-state index in [1.54, 1.807) is 24.9 Å². The normalized spacial score (nSPS) is 11.5. The van der Waals surface area contributed by atoms with E-state index in [4.69, 9.17) is 4.42 Å². The van der Waals surface area contributed by atoms with Crippen LogP contribution in [0.3, 0.4) is 0 Å². The summed E-state index contributed by atoms with van der Waals surface area (Å²) in [6.45, 7) is 2.07. The van der Waals surface area contributed by atoms with Gasteiger partial charge >= 0.3 is 0 Å². The van der Waals surface area contributed by atoms with Crippen LogP contribution >= 0.6 is 0 Å². The number of hydrogen-bond acceptors (Lipinski definition) is 5. The first-order valence-corrected chi connectivity index (χ1v) is 9.54. The first kappa shape index (κ1) is 16.7. The van der Waals surface area contributed by atoms with Crippen molar-refractivity contribution in [3.8, 4) is 33.8 Å². The van der Waals surface area contributed by atoms with Gasteiger partial charge in [-0.25, -0.2) is 4.98 Å². The number of furan rings is 1. The predicted octanol–water partition coefficient (Wildman–Crippen LogP) is 5.13. The molecule has 7 heteroatoms. The minimum atomic E-state index is 0.738. The van der Waals surface area contributed by atoms with Crippen LogP contribution in [0.2, 0.25) is 0 Å². The molecule has 0 bridgehead atoms. The lowest BCUT2D eigenvalue weighted by molar-refractivity contribution is 0.568. The Balaban J connectivity index is 1.53. The van der Waals surface area contributed by atoms with E-state index in [0.29, 0.717) is 0 Å². The van der Waals surface area contributed by atoms with Gasteiger partial charge in [0.15, 0.2) is 5.65 Å². The molecule has 0 spiro atoms. The fourth-order valence-corrected chi connectivity index (χ4v) is 3.83. The van der Waals surface area contributed by atoms with Gasteiger partial charge in [-0.15, -0.1) is 0 Å². The Morgan fingerprint density at radius 3 is 2.73 bits per heavy atom. The van der Waals surface area contributed by atoms with Crippen LogP contribution in [-0.4, -0.2) is 30.1 Å². The number of nitrogens with zero attached hydrogens (tertiary/aromatic N) is 4. The lowest BCUT2D eigenvalue weighted by Crippen LogP contribution is -1.87. The van der Waals surface area contributed by atoms with Crippen LogP contribution in [0.1, 0.15) is 5.56 Å². The molecule has 30 heavy (non-hydrogen) atoms. The molecule has 7 nitrogen and oxygen atoms in total. The van der Waals surface area contributed by atoms with E-state index < -0.39 is 0 Å². The third-order valence-corrected chi connectivity index (χ3v) is 5.36. The number of nitrogens with one attached hydrogen (secondary N) is 2. The molecule has 0 aliphatic carbocycles. The van der Waals surface area contributed by atoms with E-state index in [1.807, 2.05) is 30.6 Å². The molecule has 6 aromatic rings. The summed E-state index contributed by atoms with van der Waals surface area (Å²) in [5, 5.41) is 9.53. The molecule has 0 atom stereocenters. The molecule has 0 fully saturated rings. The molecule has 0 unspecified atom stereocenters. The lowest BCUT2D eigenvalue weighted by atomic mass is 10.0. The van der Waals surface area contributed by atoms with Crippen LogP contribution in [0.15, 0.2) is 72.1 Å². The molecule has 0 saturated carbocycles. The fourth-order valence-electron chi connectivity index (χ4n) is 3.83. The van der Waals surface area contributed by atoms with Crippen molar-refractivity contribution in [2.24, 2.45) is 0 Å². The van der Waals surface area contributed by atoms with Gasteiger partial charge in [0.1, 0.15) is 5.69 Å². The second-order valence-electron chi connectivity index (χ2n) is 7.20. The van der Waals surface area contributed by atoms with Gasteiger partial charge in [0.25, 0.3) is 0 Å². The summed E-state index contributed by atoms with van der Waals surface area (Å²) in [5.74, 6) is 0. The van der Waals surface area contributed by atoms with Crippen LogP contribution < -0.4 is 0 Å². The van der Waals surface area contributed by atoms with Crippen molar-refractivity contribution in [3.63, 3.8) is 0 Å². The van der Waals surface area contributed by atoms with Gasteiger partial charge in [-0.3, -0.25) is 15.1 Å². The molecule has 6 aromatic heterocycles. The summed E-state index contributed by atoms with van der Waals surface area (Å²) in [7, 11) is 0. The topological polar surface area (TPSA) is 96.3 Å². The maximum absolute atomic E-state index is 5.24. The van der Waals surface area contributed by atoms with Crippen molar-refractivity contribution >= 4 is 21.9 Å². The largest absolute Gasteiger partial charge is 0.472 e. The average molecular weight is 392 g/mol. The van der Waals surface area contributed by atoms with Crippen molar-refractivity contribution < 1.29 is 4.42 Å². The molecule has 6 rings (SSSR count). The Morgan fingerprint density at radius 1 is 0.900 bits per heavy atom. The van der Waals surface area contributed by atoms with Crippen molar-refractivity contribution in [2.75, 3.05) is 0 Å². The van der Waals surface area contributed by atoms with Crippen molar-refractivity contribution in [3.05, 3.63) is 73.2 Å². The summed E-state index contributed by atoms with van der Waals surface area (Å²) >= 11 is 0. The zero-order valence-corrected chi connectivity index (χ0v) is 16.0. The van der Waals surface area contributed by atoms with Crippen molar-refractivity contribution in [2.45, 2.75) is 6.92 Å². The van der Waals surface area contributed by atoms with E-state index in [1.165, 1.54) is 0 Å². The molecule has 0 amide bonds. The molecule has 0 saturated heterocycles. The predicted molar refractivity (Wildman–Crippen MR) is 115 cm³/mol. The molecule has 0 radical (unpaired) electrons. The molecule has 0 aliphatic rings. The Hall–Kier alpha value is -4.26. The number of hydrogen-bond donors (Lipinski definition) is 2. The van der Waals surface area contributed by atoms with Gasteiger partial charge in [-0.1, -0.05) is 0 Å². The highest BCUT2D eigenvalue weighted by Crippen LogP contribution is 2.34. The maximum Gasteiger partial charge on any atom is 0.155 e. The molecule has 6 heterocycles. The number of H-pyrrole nitrogens is 2. The third kappa shape index (κ3) is 2.52. The second-order valence-corrected chi connectivity index (χ2v) is 7.20. The first-order chi connectivity index (χ1) is 14.8. The van der Waals surface area contributed by atoms with Gasteiger partial charge in [-0.2, -0.15) is 5.10 Å². The standard InChI is InChI=1S/C23H16N6O/c1-13-2-5-24-11-18(13)15-8-17-22(28-29-23(17)26-10-15)20-9-16-19(27-20)3-6-25-21(16)14-4-7-30-12-14/h2-12,27H,1H3,(H,26,28,29). The summed E-state index contributed by atoms with van der Waals surface area (Å²) in [4.78, 5) is 16.8. The highest BCUT2D eigenvalue weighted by molar-refractivity contribution is 5.99. The molecular weight excluding hydrogens is 376 g/mol. The van der Waals surface area contributed by atoms with E-state index in [0.717, 1.165) is 61.3 Å². The zero-order chi connectivity index (χ0) is 20.1. The molecule has 2 N–H and O–H groups in total. The van der Waals surface area contributed by atoms with E-state index in [-0.39, 0.29) is 0 Å². The van der Waals surface area contributed by atoms with Crippen LogP contribution in [0.4, 0.5) is 0 Å². The van der Waals surface area contributed by atoms with E-state index >= 15 is 0 Å². The lowest BCUT2D eigenvalue weighted by Gasteiger charge is -2.04. The number of aromatic amines is 2.